The number of hydrogen-bond acceptors (Lipinski definition) is 3. The van der Waals surface area contributed by atoms with Crippen LogP contribution in [-0.4, -0.2) is 15.7 Å². The third kappa shape index (κ3) is 2.65. The summed E-state index contributed by atoms with van der Waals surface area (Å²) < 4.78 is 15.1. The van der Waals surface area contributed by atoms with Crippen LogP contribution >= 0.6 is 0 Å². The van der Waals surface area contributed by atoms with Crippen LogP contribution < -0.4 is 11.1 Å². The lowest BCUT2D eigenvalue weighted by molar-refractivity contribution is 0.0947. The summed E-state index contributed by atoms with van der Waals surface area (Å²) in [6.45, 7) is 0.302. The van der Waals surface area contributed by atoms with Crippen molar-refractivity contribution in [2.24, 2.45) is 7.05 Å². The number of aryl methyl sites for hydroxylation is 1. The molecule has 1 aromatic heterocycles. The number of halogens is 1. The maximum atomic E-state index is 13.5. The van der Waals surface area contributed by atoms with Gasteiger partial charge in [0.25, 0.3) is 5.91 Å². The lowest BCUT2D eigenvalue weighted by Crippen LogP contribution is -2.23. The molecule has 0 unspecified atom stereocenters. The van der Waals surface area contributed by atoms with Crippen molar-refractivity contribution in [1.29, 1.82) is 0 Å². The van der Waals surface area contributed by atoms with E-state index < -0.39 is 11.7 Å². The predicted octanol–water partition coefficient (Wildman–Crippen LogP) is 1.07. The second-order valence-corrected chi connectivity index (χ2v) is 3.94. The molecule has 5 nitrogen and oxygen atoms in total. The van der Waals surface area contributed by atoms with E-state index in [-0.39, 0.29) is 11.3 Å². The average molecular weight is 248 g/mol. The molecule has 0 saturated carbocycles. The average Bonchev–Trinajstić information content (AvgIpc) is 2.72. The highest BCUT2D eigenvalue weighted by Gasteiger charge is 2.11. The van der Waals surface area contributed by atoms with Crippen molar-refractivity contribution in [1.82, 2.24) is 15.1 Å². The molecule has 0 bridgehead atoms. The largest absolute Gasteiger partial charge is 0.399 e. The van der Waals surface area contributed by atoms with E-state index in [0.29, 0.717) is 6.54 Å². The second-order valence-electron chi connectivity index (χ2n) is 3.94. The molecule has 0 fully saturated rings. The smallest absolute Gasteiger partial charge is 0.254 e. The Morgan fingerprint density at radius 2 is 2.33 bits per heavy atom. The Bertz CT molecular complexity index is 579. The molecular formula is C12H13FN4O. The molecule has 18 heavy (non-hydrogen) atoms. The van der Waals surface area contributed by atoms with Gasteiger partial charge in [-0.15, -0.1) is 0 Å². The van der Waals surface area contributed by atoms with Crippen LogP contribution in [0.4, 0.5) is 10.1 Å². The predicted molar refractivity (Wildman–Crippen MR) is 65.2 cm³/mol. The third-order valence-corrected chi connectivity index (χ3v) is 2.45. The number of nitrogens with zero attached hydrogens (tertiary/aromatic N) is 2. The molecule has 0 atom stereocenters. The van der Waals surface area contributed by atoms with Crippen LogP contribution in [0.25, 0.3) is 0 Å². The molecule has 1 amide bonds. The molecule has 0 aliphatic rings. The number of aromatic nitrogens is 2. The van der Waals surface area contributed by atoms with Crippen LogP contribution in [-0.2, 0) is 13.6 Å². The molecule has 0 saturated heterocycles. The number of carbonyl (C=O) groups is 1. The zero-order valence-electron chi connectivity index (χ0n) is 9.85. The number of nitrogen functional groups attached to an aromatic ring is 1. The number of amides is 1. The first-order chi connectivity index (χ1) is 8.56. The minimum absolute atomic E-state index is 0.0203. The maximum Gasteiger partial charge on any atom is 0.254 e. The van der Waals surface area contributed by atoms with Gasteiger partial charge in [0.05, 0.1) is 11.8 Å². The first-order valence-electron chi connectivity index (χ1n) is 5.37. The van der Waals surface area contributed by atoms with Gasteiger partial charge >= 0.3 is 0 Å². The maximum absolute atomic E-state index is 13.5. The highest BCUT2D eigenvalue weighted by molar-refractivity contribution is 5.94. The van der Waals surface area contributed by atoms with Crippen LogP contribution in [0.5, 0.6) is 0 Å². The summed E-state index contributed by atoms with van der Waals surface area (Å²) in [5, 5.41) is 6.59. The van der Waals surface area contributed by atoms with Crippen LogP contribution in [0.3, 0.4) is 0 Å². The monoisotopic (exact) mass is 248 g/mol. The minimum atomic E-state index is -0.626. The number of hydrogen-bond donors (Lipinski definition) is 2. The van der Waals surface area contributed by atoms with E-state index in [1.807, 2.05) is 0 Å². The van der Waals surface area contributed by atoms with E-state index in [4.69, 9.17) is 5.73 Å². The standard InChI is InChI=1S/C12H13FN4O/c1-17-7-8(6-16-17)5-15-12(18)10-3-2-9(14)4-11(10)13/h2-4,6-7H,5,14H2,1H3,(H,15,18). The number of nitrogens with two attached hydrogens (primary N) is 1. The Morgan fingerprint density at radius 3 is 2.94 bits per heavy atom. The van der Waals surface area contributed by atoms with Gasteiger partial charge in [0.2, 0.25) is 0 Å². The molecule has 0 aliphatic carbocycles. The fourth-order valence-electron chi connectivity index (χ4n) is 1.56. The summed E-state index contributed by atoms with van der Waals surface area (Å²) in [6.07, 6.45) is 3.42. The summed E-state index contributed by atoms with van der Waals surface area (Å²) in [6, 6.07) is 3.98. The molecule has 2 rings (SSSR count). The molecule has 0 radical (unpaired) electrons. The first-order valence-corrected chi connectivity index (χ1v) is 5.37. The highest BCUT2D eigenvalue weighted by atomic mass is 19.1. The molecule has 0 aliphatic heterocycles. The number of benzene rings is 1. The van der Waals surface area contributed by atoms with Crippen LogP contribution in [0.2, 0.25) is 0 Å². The Hall–Kier alpha value is -2.37. The Balaban J connectivity index is 2.03. The Labute approximate surface area is 103 Å². The quantitative estimate of drug-likeness (QED) is 0.798. The van der Waals surface area contributed by atoms with Crippen molar-refractivity contribution in [2.75, 3.05) is 5.73 Å². The van der Waals surface area contributed by atoms with E-state index in [1.165, 1.54) is 12.1 Å². The summed E-state index contributed by atoms with van der Waals surface area (Å²) in [7, 11) is 1.78. The number of carbonyl (C=O) groups excluding carboxylic acids is 1. The normalized spacial score (nSPS) is 10.3. The third-order valence-electron chi connectivity index (χ3n) is 2.45. The molecular weight excluding hydrogens is 235 g/mol. The number of anilines is 1. The zero-order chi connectivity index (χ0) is 13.1. The topological polar surface area (TPSA) is 72.9 Å². The van der Waals surface area contributed by atoms with Crippen molar-refractivity contribution in [3.05, 3.63) is 47.5 Å². The molecule has 3 N–H and O–H groups in total. The summed E-state index contributed by atoms with van der Waals surface area (Å²) in [5.41, 5.74) is 6.53. The van der Waals surface area contributed by atoms with Gasteiger partial charge in [-0.3, -0.25) is 9.48 Å². The first kappa shape index (κ1) is 12.1. The second kappa shape index (κ2) is 4.87. The molecule has 94 valence electrons. The van der Waals surface area contributed by atoms with Crippen LogP contribution in [0.15, 0.2) is 30.6 Å². The lowest BCUT2D eigenvalue weighted by atomic mass is 10.2. The fraction of sp³-hybridized carbons (Fsp3) is 0.167. The molecule has 6 heteroatoms. The van der Waals surface area contributed by atoms with Gasteiger partial charge in [0.1, 0.15) is 5.82 Å². The van der Waals surface area contributed by atoms with Crippen molar-refractivity contribution in [3.63, 3.8) is 0 Å². The van der Waals surface area contributed by atoms with Gasteiger partial charge < -0.3 is 11.1 Å². The van der Waals surface area contributed by atoms with Crippen molar-refractivity contribution in [2.45, 2.75) is 6.54 Å². The van der Waals surface area contributed by atoms with Crippen molar-refractivity contribution >= 4 is 11.6 Å². The van der Waals surface area contributed by atoms with E-state index in [2.05, 4.69) is 10.4 Å². The fourth-order valence-corrected chi connectivity index (χ4v) is 1.56. The van der Waals surface area contributed by atoms with E-state index in [9.17, 15) is 9.18 Å². The van der Waals surface area contributed by atoms with Gasteiger partial charge in [-0.05, 0) is 18.2 Å². The zero-order valence-corrected chi connectivity index (χ0v) is 9.85. The van der Waals surface area contributed by atoms with Gasteiger partial charge in [-0.1, -0.05) is 0 Å². The molecule has 1 heterocycles. The van der Waals surface area contributed by atoms with Crippen molar-refractivity contribution in [3.8, 4) is 0 Å². The van der Waals surface area contributed by atoms with Gasteiger partial charge in [-0.25, -0.2) is 4.39 Å². The van der Waals surface area contributed by atoms with E-state index in [0.717, 1.165) is 11.6 Å². The summed E-state index contributed by atoms with van der Waals surface area (Å²) >= 11 is 0. The lowest BCUT2D eigenvalue weighted by Gasteiger charge is -2.05. The van der Waals surface area contributed by atoms with Gasteiger partial charge in [-0.2, -0.15) is 5.10 Å². The number of rotatable bonds is 3. The molecule has 1 aromatic carbocycles. The Morgan fingerprint density at radius 1 is 1.56 bits per heavy atom. The molecule has 2 aromatic rings. The van der Waals surface area contributed by atoms with Gasteiger partial charge in [0.15, 0.2) is 0 Å². The van der Waals surface area contributed by atoms with Crippen LogP contribution in [0, 0.1) is 5.82 Å². The highest BCUT2D eigenvalue weighted by Crippen LogP contribution is 2.11. The minimum Gasteiger partial charge on any atom is -0.399 e. The summed E-state index contributed by atoms with van der Waals surface area (Å²) in [5.74, 6) is -1.10. The number of nitrogens with one attached hydrogen (secondary N) is 1. The van der Waals surface area contributed by atoms with E-state index >= 15 is 0 Å². The SMILES string of the molecule is Cn1cc(CNC(=O)c2ccc(N)cc2F)cn1. The van der Waals surface area contributed by atoms with Crippen molar-refractivity contribution < 1.29 is 9.18 Å². The Kier molecular flexibility index (Phi) is 3.27. The molecule has 0 spiro atoms. The van der Waals surface area contributed by atoms with Gasteiger partial charge in [0, 0.05) is 31.0 Å². The van der Waals surface area contributed by atoms with E-state index in [1.54, 1.807) is 24.1 Å². The summed E-state index contributed by atoms with van der Waals surface area (Å²) in [4.78, 5) is 11.7. The van der Waals surface area contributed by atoms with Crippen LogP contribution in [0.1, 0.15) is 15.9 Å².